The lowest BCUT2D eigenvalue weighted by molar-refractivity contribution is 0.0520. The van der Waals surface area contributed by atoms with Gasteiger partial charge in [0.2, 0.25) is 16.0 Å². The Hall–Kier alpha value is -1.99. The van der Waals surface area contributed by atoms with Crippen molar-refractivity contribution in [3.63, 3.8) is 0 Å². The van der Waals surface area contributed by atoms with Crippen LogP contribution in [0.1, 0.15) is 60.4 Å². The predicted molar refractivity (Wildman–Crippen MR) is 134 cm³/mol. The van der Waals surface area contributed by atoms with Crippen molar-refractivity contribution < 1.29 is 17.9 Å². The van der Waals surface area contributed by atoms with Gasteiger partial charge in [0, 0.05) is 23.1 Å². The number of thiol groups is 1. The van der Waals surface area contributed by atoms with Crippen LogP contribution in [-0.4, -0.2) is 35.8 Å². The smallest absolute Gasteiger partial charge is 0.357 e. The molecule has 11 heteroatoms. The van der Waals surface area contributed by atoms with Crippen LogP contribution < -0.4 is 4.72 Å². The van der Waals surface area contributed by atoms with Gasteiger partial charge in [-0.15, -0.1) is 11.3 Å². The first-order valence-corrected chi connectivity index (χ1v) is 13.5. The molecular formula is C21H25IN4O4S2. The maximum Gasteiger partial charge on any atom is 0.357 e. The number of rotatable bonds is 11. The summed E-state index contributed by atoms with van der Waals surface area (Å²) in [5.74, 6) is -0.436. The van der Waals surface area contributed by atoms with Crippen LogP contribution in [0.2, 0.25) is 0 Å². The average Bonchev–Trinajstić information content (AvgIpc) is 3.36. The van der Waals surface area contributed by atoms with Crippen LogP contribution in [0.15, 0.2) is 29.6 Å². The van der Waals surface area contributed by atoms with E-state index in [9.17, 15) is 13.2 Å². The largest absolute Gasteiger partial charge is 0.461 e. The van der Waals surface area contributed by atoms with Gasteiger partial charge >= 0.3 is 5.97 Å². The van der Waals surface area contributed by atoms with E-state index in [0.29, 0.717) is 23.8 Å². The molecule has 3 rings (SSSR count). The minimum Gasteiger partial charge on any atom is -0.461 e. The standard InChI is InChI=1S/C21H25IN4O4S2/c1-3-5-6-7-17-16(12-14-8-10-15(11-9-14)25-32(28)29)19(22)26(24-17)21-23-18(13-31-21)20(27)30-4-2/h8-11,13,32H,3-7,12H2,1-2H3,(H,25,28,29). The molecule has 8 nitrogen and oxygen atoms in total. The minimum atomic E-state index is -2.68. The Morgan fingerprint density at radius 3 is 2.62 bits per heavy atom. The highest BCUT2D eigenvalue weighted by Crippen LogP contribution is 2.27. The zero-order chi connectivity index (χ0) is 23.1. The summed E-state index contributed by atoms with van der Waals surface area (Å²) in [7, 11) is -2.68. The zero-order valence-corrected chi connectivity index (χ0v) is 21.7. The molecule has 0 spiro atoms. The number of anilines is 1. The molecule has 1 N–H and O–H groups in total. The lowest BCUT2D eigenvalue weighted by Gasteiger charge is -2.06. The normalized spacial score (nSPS) is 11.1. The van der Waals surface area contributed by atoms with E-state index in [1.165, 1.54) is 11.3 Å². The molecule has 0 atom stereocenters. The van der Waals surface area contributed by atoms with Crippen molar-refractivity contribution in [2.24, 2.45) is 0 Å². The summed E-state index contributed by atoms with van der Waals surface area (Å²) in [6.45, 7) is 4.23. The molecule has 0 amide bonds. The van der Waals surface area contributed by atoms with Crippen molar-refractivity contribution >= 4 is 56.5 Å². The van der Waals surface area contributed by atoms with Gasteiger partial charge in [0.15, 0.2) is 5.69 Å². The van der Waals surface area contributed by atoms with Crippen molar-refractivity contribution in [1.82, 2.24) is 14.8 Å². The number of carbonyl (C=O) groups excluding carboxylic acids is 1. The average molecular weight is 588 g/mol. The third-order valence-corrected chi connectivity index (χ3v) is 7.10. The maximum absolute atomic E-state index is 12.0. The van der Waals surface area contributed by atoms with E-state index >= 15 is 0 Å². The van der Waals surface area contributed by atoms with Gasteiger partial charge in [-0.05, 0) is 60.1 Å². The van der Waals surface area contributed by atoms with Gasteiger partial charge in [-0.1, -0.05) is 31.9 Å². The van der Waals surface area contributed by atoms with E-state index in [2.05, 4.69) is 39.2 Å². The molecule has 0 aliphatic carbocycles. The van der Waals surface area contributed by atoms with Crippen molar-refractivity contribution in [1.29, 1.82) is 0 Å². The third-order valence-electron chi connectivity index (χ3n) is 4.73. The van der Waals surface area contributed by atoms with Crippen LogP contribution in [0, 0.1) is 3.70 Å². The van der Waals surface area contributed by atoms with Gasteiger partial charge in [-0.25, -0.2) is 18.2 Å². The molecule has 0 saturated heterocycles. The van der Waals surface area contributed by atoms with Gasteiger partial charge in [-0.3, -0.25) is 4.72 Å². The number of halogens is 1. The molecule has 0 saturated carbocycles. The van der Waals surface area contributed by atoms with Gasteiger partial charge in [0.05, 0.1) is 12.3 Å². The molecule has 0 aliphatic heterocycles. The van der Waals surface area contributed by atoms with Gasteiger partial charge in [0.1, 0.15) is 3.70 Å². The molecule has 0 fully saturated rings. The second kappa shape index (κ2) is 11.8. The molecule has 0 unspecified atom stereocenters. The second-order valence-corrected chi connectivity index (χ2v) is 9.66. The number of aromatic nitrogens is 3. The van der Waals surface area contributed by atoms with Gasteiger partial charge in [-0.2, -0.15) is 9.78 Å². The molecule has 2 heterocycles. The first-order valence-electron chi connectivity index (χ1n) is 10.3. The SMILES string of the molecule is CCCCCc1nn(-c2nc(C(=O)OCC)cs2)c(I)c1Cc1ccc(N[SH](=O)=O)cc1. The summed E-state index contributed by atoms with van der Waals surface area (Å²) in [5.41, 5.74) is 4.00. The van der Waals surface area contributed by atoms with E-state index in [1.54, 1.807) is 29.1 Å². The van der Waals surface area contributed by atoms with Crippen LogP contribution in [0.25, 0.3) is 5.13 Å². The highest BCUT2D eigenvalue weighted by Gasteiger charge is 2.20. The van der Waals surface area contributed by atoms with Gasteiger partial charge in [0.25, 0.3) is 0 Å². The third kappa shape index (κ3) is 6.29. The number of hydrogen-bond donors (Lipinski definition) is 2. The lowest BCUT2D eigenvalue weighted by atomic mass is 10.0. The van der Waals surface area contributed by atoms with E-state index < -0.39 is 16.9 Å². The number of unbranched alkanes of at least 4 members (excludes halogenated alkanes) is 2. The number of esters is 1. The molecule has 32 heavy (non-hydrogen) atoms. The molecule has 3 aromatic rings. The Kier molecular flexibility index (Phi) is 9.05. The van der Waals surface area contributed by atoms with Gasteiger partial charge < -0.3 is 4.74 Å². The summed E-state index contributed by atoms with van der Waals surface area (Å²) in [4.78, 5) is 16.4. The summed E-state index contributed by atoms with van der Waals surface area (Å²) in [6.07, 6.45) is 4.82. The van der Waals surface area contributed by atoms with Crippen molar-refractivity contribution in [3.05, 3.63) is 55.9 Å². The Morgan fingerprint density at radius 1 is 1.22 bits per heavy atom. The summed E-state index contributed by atoms with van der Waals surface area (Å²) in [5, 5.41) is 7.15. The number of hydrogen-bond acceptors (Lipinski definition) is 7. The van der Waals surface area contributed by atoms with Crippen LogP contribution in [0.5, 0.6) is 0 Å². The fourth-order valence-electron chi connectivity index (χ4n) is 3.18. The number of benzene rings is 1. The van der Waals surface area contributed by atoms with Crippen LogP contribution >= 0.6 is 33.9 Å². The Bertz CT molecular complexity index is 1130. The minimum absolute atomic E-state index is 0.284. The van der Waals surface area contributed by atoms with E-state index in [0.717, 1.165) is 46.2 Å². The predicted octanol–water partition coefficient (Wildman–Crippen LogP) is 4.37. The highest BCUT2D eigenvalue weighted by molar-refractivity contribution is 14.1. The first-order chi connectivity index (χ1) is 15.4. The van der Waals surface area contributed by atoms with Crippen LogP contribution in [0.4, 0.5) is 5.69 Å². The number of nitrogens with zero attached hydrogens (tertiary/aromatic N) is 3. The van der Waals surface area contributed by atoms with Crippen LogP contribution in [0.3, 0.4) is 0 Å². The van der Waals surface area contributed by atoms with Crippen molar-refractivity contribution in [3.8, 4) is 5.13 Å². The first kappa shape index (κ1) is 24.6. The lowest BCUT2D eigenvalue weighted by Crippen LogP contribution is -2.06. The molecule has 0 bridgehead atoms. The number of thiazole rings is 1. The maximum atomic E-state index is 12.0. The van der Waals surface area contributed by atoms with E-state index in [4.69, 9.17) is 9.84 Å². The molecule has 0 radical (unpaired) electrons. The Morgan fingerprint density at radius 2 is 1.97 bits per heavy atom. The number of nitrogens with one attached hydrogen (secondary N) is 1. The quantitative estimate of drug-likeness (QED) is 0.149. The number of ether oxygens (including phenoxy) is 1. The summed E-state index contributed by atoms with van der Waals surface area (Å²) >= 11 is 3.63. The van der Waals surface area contributed by atoms with Crippen molar-refractivity contribution in [2.45, 2.75) is 46.0 Å². The number of carbonyl (C=O) groups is 1. The molecular weight excluding hydrogens is 563 g/mol. The fourth-order valence-corrected chi connectivity index (χ4v) is 5.29. The van der Waals surface area contributed by atoms with E-state index in [1.807, 2.05) is 12.1 Å². The Labute approximate surface area is 206 Å². The second-order valence-electron chi connectivity index (χ2n) is 7.06. The molecule has 1 aromatic carbocycles. The zero-order valence-electron chi connectivity index (χ0n) is 17.8. The molecule has 172 valence electrons. The molecule has 0 aliphatic rings. The summed E-state index contributed by atoms with van der Waals surface area (Å²) in [6, 6.07) is 7.32. The highest BCUT2D eigenvalue weighted by atomic mass is 127. The topological polar surface area (TPSA) is 103 Å². The molecule has 2 aromatic heterocycles. The van der Waals surface area contributed by atoms with Crippen molar-refractivity contribution in [2.75, 3.05) is 11.3 Å². The fraction of sp³-hybridized carbons (Fsp3) is 0.381. The monoisotopic (exact) mass is 588 g/mol. The summed E-state index contributed by atoms with van der Waals surface area (Å²) < 4.78 is 31.9. The van der Waals surface area contributed by atoms with E-state index in [-0.39, 0.29) is 5.69 Å². The Balaban J connectivity index is 1.90. The van der Waals surface area contributed by atoms with Crippen LogP contribution in [-0.2, 0) is 28.5 Å². The number of aryl methyl sites for hydroxylation is 1.